The van der Waals surface area contributed by atoms with Gasteiger partial charge in [0.1, 0.15) is 0 Å². The summed E-state index contributed by atoms with van der Waals surface area (Å²) in [4.78, 5) is 11.0. The Morgan fingerprint density at radius 2 is 1.74 bits per heavy atom. The predicted molar refractivity (Wildman–Crippen MR) is 75.6 cm³/mol. The molecule has 0 aliphatic heterocycles. The van der Waals surface area contributed by atoms with Gasteiger partial charge in [-0.3, -0.25) is 9.35 Å². The number of hydrogen-bond donors (Lipinski definition) is 2. The van der Waals surface area contributed by atoms with Crippen molar-refractivity contribution in [3.05, 3.63) is 49.1 Å². The van der Waals surface area contributed by atoms with E-state index < -0.39 is 10.1 Å². The fourth-order valence-electron chi connectivity index (χ4n) is 0.948. The van der Waals surface area contributed by atoms with E-state index in [1.54, 1.807) is 13.0 Å². The Balaban J connectivity index is 0.000000982. The second kappa shape index (κ2) is 7.50. The lowest BCUT2D eigenvalue weighted by atomic mass is 10.3. The van der Waals surface area contributed by atoms with E-state index >= 15 is 0 Å². The molecule has 0 aliphatic rings. The first kappa shape index (κ1) is 17.1. The van der Waals surface area contributed by atoms with Crippen LogP contribution in [0.2, 0.25) is 0 Å². The third-order valence-electron chi connectivity index (χ3n) is 1.80. The summed E-state index contributed by atoms with van der Waals surface area (Å²) < 4.78 is 30.2. The SMILES string of the molecule is C=C(C)C(=O)Nc1ccc(S(=O)(=O)O)cc1.C=CC. The van der Waals surface area contributed by atoms with Gasteiger partial charge >= 0.3 is 0 Å². The summed E-state index contributed by atoms with van der Waals surface area (Å²) in [6, 6.07) is 5.15. The first-order valence-corrected chi connectivity index (χ1v) is 6.77. The van der Waals surface area contributed by atoms with Crippen molar-refractivity contribution in [2.24, 2.45) is 0 Å². The number of amides is 1. The normalized spacial score (nSPS) is 9.84. The van der Waals surface area contributed by atoms with Gasteiger partial charge in [-0.05, 0) is 38.1 Å². The number of carbonyl (C=O) groups is 1. The number of benzene rings is 1. The quantitative estimate of drug-likeness (QED) is 0.507. The summed E-state index contributed by atoms with van der Waals surface area (Å²) >= 11 is 0. The summed E-state index contributed by atoms with van der Waals surface area (Å²) in [6.07, 6.45) is 1.75. The first-order chi connectivity index (χ1) is 8.72. The van der Waals surface area contributed by atoms with Crippen LogP contribution in [0.3, 0.4) is 0 Å². The van der Waals surface area contributed by atoms with Gasteiger partial charge in [-0.15, -0.1) is 6.58 Å². The topological polar surface area (TPSA) is 83.5 Å². The zero-order chi connectivity index (χ0) is 15.1. The molecule has 0 saturated carbocycles. The fourth-order valence-corrected chi connectivity index (χ4v) is 1.43. The Hall–Kier alpha value is -1.92. The molecule has 0 heterocycles. The fraction of sp³-hybridized carbons (Fsp3) is 0.154. The zero-order valence-electron chi connectivity index (χ0n) is 10.9. The molecule has 1 amide bonds. The van der Waals surface area contributed by atoms with Crippen LogP contribution >= 0.6 is 0 Å². The summed E-state index contributed by atoms with van der Waals surface area (Å²) in [5.74, 6) is -0.348. The van der Waals surface area contributed by atoms with E-state index in [9.17, 15) is 13.2 Å². The van der Waals surface area contributed by atoms with Crippen molar-refractivity contribution in [2.75, 3.05) is 5.32 Å². The lowest BCUT2D eigenvalue weighted by Gasteiger charge is -2.04. The summed E-state index contributed by atoms with van der Waals surface area (Å²) in [5.41, 5.74) is 0.777. The molecule has 19 heavy (non-hydrogen) atoms. The van der Waals surface area contributed by atoms with Gasteiger partial charge in [-0.1, -0.05) is 12.7 Å². The highest BCUT2D eigenvalue weighted by molar-refractivity contribution is 7.85. The molecule has 104 valence electrons. The van der Waals surface area contributed by atoms with Crippen molar-refractivity contribution < 1.29 is 17.8 Å². The number of carbonyl (C=O) groups excluding carboxylic acids is 1. The van der Waals surface area contributed by atoms with E-state index in [0.717, 1.165) is 0 Å². The Labute approximate surface area is 113 Å². The minimum Gasteiger partial charge on any atom is -0.322 e. The Morgan fingerprint density at radius 1 is 1.32 bits per heavy atom. The smallest absolute Gasteiger partial charge is 0.294 e. The molecule has 0 saturated heterocycles. The van der Waals surface area contributed by atoms with Gasteiger partial charge in [0.25, 0.3) is 16.0 Å². The van der Waals surface area contributed by atoms with E-state index in [1.807, 2.05) is 6.92 Å². The van der Waals surface area contributed by atoms with E-state index in [4.69, 9.17) is 4.55 Å². The van der Waals surface area contributed by atoms with Gasteiger partial charge in [0.05, 0.1) is 4.90 Å². The maximum atomic E-state index is 11.2. The van der Waals surface area contributed by atoms with Gasteiger partial charge < -0.3 is 5.32 Å². The molecule has 1 aromatic carbocycles. The molecule has 0 fully saturated rings. The second-order valence-corrected chi connectivity index (χ2v) is 5.06. The third kappa shape index (κ3) is 6.54. The summed E-state index contributed by atoms with van der Waals surface area (Å²) in [5, 5.41) is 2.51. The third-order valence-corrected chi connectivity index (χ3v) is 2.67. The maximum Gasteiger partial charge on any atom is 0.294 e. The molecule has 2 N–H and O–H groups in total. The average Bonchev–Trinajstić information content (AvgIpc) is 2.29. The van der Waals surface area contributed by atoms with Crippen molar-refractivity contribution in [1.29, 1.82) is 0 Å². The number of allylic oxidation sites excluding steroid dienone is 1. The molecule has 0 aliphatic carbocycles. The minimum absolute atomic E-state index is 0.221. The Bertz CT molecular complexity index is 559. The molecular weight excluding hydrogens is 266 g/mol. The summed E-state index contributed by atoms with van der Waals surface area (Å²) in [6.45, 7) is 10.3. The monoisotopic (exact) mass is 283 g/mol. The van der Waals surface area contributed by atoms with Gasteiger partial charge in [0.2, 0.25) is 0 Å². The highest BCUT2D eigenvalue weighted by Gasteiger charge is 2.09. The predicted octanol–water partition coefficient (Wildman–Crippen LogP) is 2.64. The number of rotatable bonds is 3. The van der Waals surface area contributed by atoms with Crippen LogP contribution in [-0.4, -0.2) is 18.9 Å². The van der Waals surface area contributed by atoms with Crippen LogP contribution in [0.15, 0.2) is 54.0 Å². The van der Waals surface area contributed by atoms with Crippen LogP contribution in [0, 0.1) is 0 Å². The summed E-state index contributed by atoms with van der Waals surface area (Å²) in [7, 11) is -4.19. The molecule has 0 bridgehead atoms. The lowest BCUT2D eigenvalue weighted by molar-refractivity contribution is -0.112. The highest BCUT2D eigenvalue weighted by atomic mass is 32.2. The lowest BCUT2D eigenvalue weighted by Crippen LogP contribution is -2.11. The Morgan fingerprint density at radius 3 is 2.05 bits per heavy atom. The van der Waals surface area contributed by atoms with E-state index in [2.05, 4.69) is 18.5 Å². The number of hydrogen-bond acceptors (Lipinski definition) is 3. The van der Waals surface area contributed by atoms with Crippen molar-refractivity contribution >= 4 is 21.7 Å². The number of nitrogens with one attached hydrogen (secondary N) is 1. The van der Waals surface area contributed by atoms with Crippen molar-refractivity contribution in [3.63, 3.8) is 0 Å². The van der Waals surface area contributed by atoms with E-state index in [-0.39, 0.29) is 10.8 Å². The molecule has 0 aromatic heterocycles. The van der Waals surface area contributed by atoms with Gasteiger partial charge in [0.15, 0.2) is 0 Å². The largest absolute Gasteiger partial charge is 0.322 e. The van der Waals surface area contributed by atoms with Gasteiger partial charge in [0, 0.05) is 11.3 Å². The standard InChI is InChI=1S/C10H11NO4S.C3H6/c1-7(2)10(12)11-8-3-5-9(6-4-8)16(13,14)15;1-3-2/h3-6H,1H2,2H3,(H,11,12)(H,13,14,15);3H,1H2,2H3. The number of anilines is 1. The Kier molecular flexibility index (Phi) is 6.74. The van der Waals surface area contributed by atoms with Crippen molar-refractivity contribution in [2.45, 2.75) is 18.7 Å². The average molecular weight is 283 g/mol. The van der Waals surface area contributed by atoms with Gasteiger partial charge in [-0.2, -0.15) is 8.42 Å². The maximum absolute atomic E-state index is 11.2. The van der Waals surface area contributed by atoms with E-state index in [0.29, 0.717) is 11.3 Å². The molecular formula is C13H17NO4S. The minimum atomic E-state index is -4.19. The zero-order valence-corrected chi connectivity index (χ0v) is 11.7. The molecule has 6 heteroatoms. The molecule has 1 rings (SSSR count). The van der Waals surface area contributed by atoms with E-state index in [1.165, 1.54) is 24.3 Å². The van der Waals surface area contributed by atoms with Crippen LogP contribution in [0.25, 0.3) is 0 Å². The van der Waals surface area contributed by atoms with Crippen LogP contribution in [0.5, 0.6) is 0 Å². The molecule has 0 spiro atoms. The highest BCUT2D eigenvalue weighted by Crippen LogP contribution is 2.14. The molecule has 0 atom stereocenters. The van der Waals surface area contributed by atoms with Crippen LogP contribution in [-0.2, 0) is 14.9 Å². The van der Waals surface area contributed by atoms with Gasteiger partial charge in [-0.25, -0.2) is 0 Å². The second-order valence-electron chi connectivity index (χ2n) is 3.64. The molecule has 5 nitrogen and oxygen atoms in total. The molecule has 0 unspecified atom stereocenters. The van der Waals surface area contributed by atoms with Crippen LogP contribution in [0.1, 0.15) is 13.8 Å². The first-order valence-electron chi connectivity index (χ1n) is 5.33. The molecule has 0 radical (unpaired) electrons. The van der Waals surface area contributed by atoms with Crippen LogP contribution in [0.4, 0.5) is 5.69 Å². The van der Waals surface area contributed by atoms with Crippen LogP contribution < -0.4 is 5.32 Å². The van der Waals surface area contributed by atoms with Crippen molar-refractivity contribution in [3.8, 4) is 0 Å². The van der Waals surface area contributed by atoms with Crippen molar-refractivity contribution in [1.82, 2.24) is 0 Å². The molecule has 1 aromatic rings.